The second kappa shape index (κ2) is 6.97. The molecule has 2 aromatic rings. The first-order valence-electron chi connectivity index (χ1n) is 10.4. The number of ether oxygens (including phenoxy) is 2. The molecule has 0 amide bonds. The number of benzene rings is 1. The number of carbonyl (C=O) groups is 2. The summed E-state index contributed by atoms with van der Waals surface area (Å²) in [7, 11) is 1.30. The van der Waals surface area contributed by atoms with Crippen LogP contribution in [0.5, 0.6) is 5.75 Å². The molecule has 0 unspecified atom stereocenters. The van der Waals surface area contributed by atoms with Gasteiger partial charge in [0.1, 0.15) is 29.3 Å². The number of fused-ring (bicyclic) bond motifs is 1. The van der Waals surface area contributed by atoms with Crippen LogP contribution in [0.1, 0.15) is 34.9 Å². The monoisotopic (exact) mass is 458 g/mol. The van der Waals surface area contributed by atoms with Crippen molar-refractivity contribution in [2.24, 2.45) is 5.92 Å². The minimum absolute atomic E-state index is 0.0616. The van der Waals surface area contributed by atoms with Crippen LogP contribution in [0.25, 0.3) is 0 Å². The van der Waals surface area contributed by atoms with Crippen molar-refractivity contribution in [3.8, 4) is 5.75 Å². The van der Waals surface area contributed by atoms with Crippen molar-refractivity contribution in [3.63, 3.8) is 0 Å². The van der Waals surface area contributed by atoms with E-state index in [-0.39, 0.29) is 23.5 Å². The second-order valence-corrected chi connectivity index (χ2v) is 9.00. The average molecular weight is 458 g/mol. The maximum absolute atomic E-state index is 13.6. The molecule has 2 saturated carbocycles. The van der Waals surface area contributed by atoms with Gasteiger partial charge in [0.05, 0.1) is 30.6 Å². The van der Waals surface area contributed by atoms with Crippen LogP contribution in [0, 0.1) is 5.92 Å². The highest BCUT2D eigenvalue weighted by Crippen LogP contribution is 2.63. The molecule has 0 spiro atoms. The third-order valence-corrected chi connectivity index (χ3v) is 7.11. The summed E-state index contributed by atoms with van der Waals surface area (Å²) in [6.45, 7) is 0. The first-order chi connectivity index (χ1) is 15.5. The van der Waals surface area contributed by atoms with Crippen molar-refractivity contribution in [2.45, 2.75) is 47.8 Å². The van der Waals surface area contributed by atoms with E-state index in [1.165, 1.54) is 25.3 Å². The Morgan fingerprint density at radius 3 is 2.48 bits per heavy atom. The van der Waals surface area contributed by atoms with Crippen molar-refractivity contribution < 1.29 is 43.9 Å². The number of hydrogen-bond donors (Lipinski definition) is 4. The summed E-state index contributed by atoms with van der Waals surface area (Å²) in [5.74, 6) is -5.75. The highest BCUT2D eigenvalue weighted by molar-refractivity contribution is 6.03. The molecule has 10 nitrogen and oxygen atoms in total. The lowest BCUT2D eigenvalue weighted by molar-refractivity contribution is -0.269. The number of methoxy groups -OCH3 is 1. The van der Waals surface area contributed by atoms with Gasteiger partial charge in [-0.2, -0.15) is 0 Å². The number of aliphatic hydroxyl groups is 4. The Morgan fingerprint density at radius 1 is 1.12 bits per heavy atom. The fourth-order valence-corrected chi connectivity index (χ4v) is 5.90. The SMILES string of the molecule is COc1cc([C@@H]2[C@]3(O)C[C@H]4OC(=O)[C@](O)(C3)[C@H](C(=O)c3ccccc3)[C@@]2(O)[C@@H]4O)oc(=O)c1. The third-order valence-electron chi connectivity index (χ3n) is 7.11. The molecular formula is C23H22O10. The standard InChI is InChI=1S/C23H22O10/c1-31-12-7-13(32-15(24)8-12)17-21(28)9-14-19(26)23(17,30)18(22(29,10-21)20(27)33-14)16(25)11-5-3-2-4-6-11/h2-8,14,17-19,26,28-30H,9-10H2,1H3/t14-,17-,18+,19-,21+,22+,23-/m1/s1. The number of carbonyl (C=O) groups excluding carboxylic acids is 2. The molecule has 2 aliphatic carbocycles. The Hall–Kier alpha value is -3.05. The van der Waals surface area contributed by atoms with E-state index in [0.29, 0.717) is 0 Å². The normalized spacial score (nSPS) is 39.1. The lowest BCUT2D eigenvalue weighted by atomic mass is 9.48. The Kier molecular flexibility index (Phi) is 4.60. The first kappa shape index (κ1) is 21.8. The molecule has 2 saturated heterocycles. The van der Waals surface area contributed by atoms with Crippen LogP contribution in [0.2, 0.25) is 0 Å². The van der Waals surface area contributed by atoms with Crippen molar-refractivity contribution in [2.75, 3.05) is 7.11 Å². The van der Waals surface area contributed by atoms with Gasteiger partial charge in [-0.3, -0.25) is 4.79 Å². The number of esters is 1. The van der Waals surface area contributed by atoms with Gasteiger partial charge in [-0.05, 0) is 0 Å². The lowest BCUT2D eigenvalue weighted by Gasteiger charge is -2.60. The van der Waals surface area contributed by atoms with Gasteiger partial charge in [-0.25, -0.2) is 9.59 Å². The van der Waals surface area contributed by atoms with E-state index in [0.717, 1.165) is 6.07 Å². The topological polar surface area (TPSA) is 164 Å². The van der Waals surface area contributed by atoms with Crippen molar-refractivity contribution in [3.05, 3.63) is 64.2 Å². The zero-order valence-corrected chi connectivity index (χ0v) is 17.5. The van der Waals surface area contributed by atoms with Gasteiger partial charge in [0.2, 0.25) is 0 Å². The van der Waals surface area contributed by atoms with Crippen molar-refractivity contribution >= 4 is 11.8 Å². The van der Waals surface area contributed by atoms with Gasteiger partial charge in [0.15, 0.2) is 11.4 Å². The smallest absolute Gasteiger partial charge is 0.339 e. The Morgan fingerprint density at radius 2 is 1.82 bits per heavy atom. The van der Waals surface area contributed by atoms with Crippen LogP contribution >= 0.6 is 0 Å². The van der Waals surface area contributed by atoms with Gasteiger partial charge < -0.3 is 34.3 Å². The molecular weight excluding hydrogens is 436 g/mol. The number of ketones is 1. The maximum Gasteiger partial charge on any atom is 0.339 e. The second-order valence-electron chi connectivity index (χ2n) is 9.00. The van der Waals surface area contributed by atoms with Crippen LogP contribution in [0.3, 0.4) is 0 Å². The molecule has 1 aromatic carbocycles. The van der Waals surface area contributed by atoms with Gasteiger partial charge in [-0.15, -0.1) is 0 Å². The summed E-state index contributed by atoms with van der Waals surface area (Å²) >= 11 is 0. The molecule has 4 aliphatic rings. The summed E-state index contributed by atoms with van der Waals surface area (Å²) in [5.41, 5.74) is -8.12. The Labute approximate surface area is 187 Å². The Bertz CT molecular complexity index is 1190. The number of hydrogen-bond acceptors (Lipinski definition) is 10. The van der Waals surface area contributed by atoms with E-state index in [1.54, 1.807) is 18.2 Å². The van der Waals surface area contributed by atoms with Crippen LogP contribution in [-0.2, 0) is 9.53 Å². The van der Waals surface area contributed by atoms with E-state index in [2.05, 4.69) is 0 Å². The molecule has 4 N–H and O–H groups in total. The van der Waals surface area contributed by atoms with Crippen LogP contribution in [0.4, 0.5) is 0 Å². The highest BCUT2D eigenvalue weighted by atomic mass is 16.6. The summed E-state index contributed by atoms with van der Waals surface area (Å²) in [6, 6.07) is 9.95. The summed E-state index contributed by atoms with van der Waals surface area (Å²) in [4.78, 5) is 38.7. The van der Waals surface area contributed by atoms with Gasteiger partial charge >= 0.3 is 11.6 Å². The zero-order valence-electron chi connectivity index (χ0n) is 17.5. The predicted octanol–water partition coefficient (Wildman–Crippen LogP) is -0.482. The molecule has 4 fully saturated rings. The molecule has 7 atom stereocenters. The highest BCUT2D eigenvalue weighted by Gasteiger charge is 2.79. The molecule has 1 aromatic heterocycles. The molecule has 4 bridgehead atoms. The molecule has 6 rings (SSSR count). The maximum atomic E-state index is 13.6. The fraction of sp³-hybridized carbons (Fsp3) is 0.435. The van der Waals surface area contributed by atoms with Crippen LogP contribution in [-0.4, -0.2) is 68.3 Å². The van der Waals surface area contributed by atoms with Crippen molar-refractivity contribution in [1.29, 1.82) is 0 Å². The van der Waals surface area contributed by atoms with E-state index in [9.17, 15) is 34.8 Å². The minimum atomic E-state index is -2.64. The molecule has 0 radical (unpaired) electrons. The largest absolute Gasteiger partial charge is 0.496 e. The van der Waals surface area contributed by atoms with Gasteiger partial charge in [-0.1, -0.05) is 30.3 Å². The quantitative estimate of drug-likeness (QED) is 0.347. The number of aliphatic hydroxyl groups excluding tert-OH is 1. The van der Waals surface area contributed by atoms with Gasteiger partial charge in [0.25, 0.3) is 0 Å². The first-order valence-corrected chi connectivity index (χ1v) is 10.4. The fourth-order valence-electron chi connectivity index (χ4n) is 5.90. The summed E-state index contributed by atoms with van der Waals surface area (Å²) in [6.07, 6.45) is -4.32. The molecule has 3 heterocycles. The summed E-state index contributed by atoms with van der Waals surface area (Å²) < 4.78 is 15.6. The van der Waals surface area contributed by atoms with E-state index in [1.807, 2.05) is 0 Å². The molecule has 33 heavy (non-hydrogen) atoms. The van der Waals surface area contributed by atoms with Crippen molar-refractivity contribution in [1.82, 2.24) is 0 Å². The van der Waals surface area contributed by atoms with E-state index >= 15 is 0 Å². The predicted molar refractivity (Wildman–Crippen MR) is 109 cm³/mol. The zero-order chi connectivity index (χ0) is 23.8. The summed E-state index contributed by atoms with van der Waals surface area (Å²) in [5, 5.41) is 46.3. The molecule has 2 aliphatic heterocycles. The van der Waals surface area contributed by atoms with Gasteiger partial charge in [0, 0.05) is 24.5 Å². The van der Waals surface area contributed by atoms with E-state index < -0.39 is 64.6 Å². The number of rotatable bonds is 4. The van der Waals surface area contributed by atoms with Crippen LogP contribution in [0.15, 0.2) is 51.7 Å². The minimum Gasteiger partial charge on any atom is -0.496 e. The van der Waals surface area contributed by atoms with E-state index in [4.69, 9.17) is 13.9 Å². The van der Waals surface area contributed by atoms with Crippen LogP contribution < -0.4 is 10.4 Å². The third kappa shape index (κ3) is 2.85. The number of Topliss-reactive ketones (excluding diaryl/α,β-unsaturated/α-hetero) is 1. The molecule has 174 valence electrons. The molecule has 10 heteroatoms. The average Bonchev–Trinajstić information content (AvgIpc) is 2.87. The Balaban J connectivity index is 1.78. The lowest BCUT2D eigenvalue weighted by Crippen LogP contribution is -2.76.